The highest BCUT2D eigenvalue weighted by molar-refractivity contribution is 6.21. The van der Waals surface area contributed by atoms with Gasteiger partial charge in [-0.2, -0.15) is 0 Å². The summed E-state index contributed by atoms with van der Waals surface area (Å²) < 4.78 is 0. The Bertz CT molecular complexity index is 500. The van der Waals surface area contributed by atoms with E-state index in [-0.39, 0.29) is 0 Å². The van der Waals surface area contributed by atoms with Crippen molar-refractivity contribution >= 4 is 22.4 Å². The first-order chi connectivity index (χ1) is 7.83. The van der Waals surface area contributed by atoms with Crippen LogP contribution < -0.4 is 0 Å². The number of benzene rings is 2. The van der Waals surface area contributed by atoms with Crippen LogP contribution in [0.15, 0.2) is 42.5 Å². The summed E-state index contributed by atoms with van der Waals surface area (Å²) in [7, 11) is 0. The summed E-state index contributed by atoms with van der Waals surface area (Å²) in [6, 6.07) is 15.2. The van der Waals surface area contributed by atoms with E-state index in [0.29, 0.717) is 5.38 Å². The molecule has 0 aliphatic heterocycles. The third-order valence-electron chi connectivity index (χ3n) is 3.38. The molecule has 0 nitrogen and oxygen atoms in total. The molecule has 1 unspecified atom stereocenters. The van der Waals surface area contributed by atoms with Gasteiger partial charge in [0, 0.05) is 5.38 Å². The maximum absolute atomic E-state index is 6.36. The highest BCUT2D eigenvalue weighted by Crippen LogP contribution is 2.37. The number of hydrogen-bond donors (Lipinski definition) is 0. The standard InChI is InChI=1S/C15H15Cl/c16-15(13-7-8-13)10-11-5-6-12-3-1-2-4-14(12)9-11/h1-6,9,13,15H,7-8,10H2. The molecule has 1 saturated carbocycles. The molecule has 0 amide bonds. The minimum Gasteiger partial charge on any atom is -0.122 e. The Labute approximate surface area is 101 Å². The summed E-state index contributed by atoms with van der Waals surface area (Å²) >= 11 is 6.36. The molecule has 1 atom stereocenters. The zero-order chi connectivity index (χ0) is 11.0. The van der Waals surface area contributed by atoms with Crippen molar-refractivity contribution in [3.05, 3.63) is 48.0 Å². The lowest BCUT2D eigenvalue weighted by Gasteiger charge is -2.08. The molecule has 1 aliphatic carbocycles. The zero-order valence-electron chi connectivity index (χ0n) is 9.20. The van der Waals surface area contributed by atoms with E-state index >= 15 is 0 Å². The van der Waals surface area contributed by atoms with Gasteiger partial charge in [-0.1, -0.05) is 42.5 Å². The molecule has 0 N–H and O–H groups in total. The van der Waals surface area contributed by atoms with Gasteiger partial charge in [0.1, 0.15) is 0 Å². The monoisotopic (exact) mass is 230 g/mol. The van der Waals surface area contributed by atoms with Crippen molar-refractivity contribution in [3.63, 3.8) is 0 Å². The van der Waals surface area contributed by atoms with Crippen LogP contribution in [0.3, 0.4) is 0 Å². The quantitative estimate of drug-likeness (QED) is 0.686. The molecular weight excluding hydrogens is 216 g/mol. The average Bonchev–Trinajstić information content (AvgIpc) is 3.12. The second-order valence-corrected chi connectivity index (χ2v) is 5.30. The number of halogens is 1. The molecule has 16 heavy (non-hydrogen) atoms. The molecule has 0 spiro atoms. The molecular formula is C15H15Cl. The molecule has 0 aromatic heterocycles. The second kappa shape index (κ2) is 4.10. The van der Waals surface area contributed by atoms with Crippen LogP contribution in [0, 0.1) is 5.92 Å². The summed E-state index contributed by atoms with van der Waals surface area (Å²) in [5.74, 6) is 0.771. The van der Waals surface area contributed by atoms with E-state index in [9.17, 15) is 0 Å². The Kier molecular flexibility index (Phi) is 2.61. The molecule has 0 bridgehead atoms. The maximum Gasteiger partial charge on any atom is 0.0404 e. The molecule has 1 heteroatoms. The molecule has 1 fully saturated rings. The first-order valence-electron chi connectivity index (χ1n) is 5.95. The third kappa shape index (κ3) is 2.08. The van der Waals surface area contributed by atoms with Gasteiger partial charge in [-0.25, -0.2) is 0 Å². The van der Waals surface area contributed by atoms with Crippen LogP contribution in [0.4, 0.5) is 0 Å². The van der Waals surface area contributed by atoms with Gasteiger partial charge in [0.2, 0.25) is 0 Å². The molecule has 82 valence electrons. The van der Waals surface area contributed by atoms with Gasteiger partial charge in [0.05, 0.1) is 0 Å². The van der Waals surface area contributed by atoms with E-state index < -0.39 is 0 Å². The van der Waals surface area contributed by atoms with Crippen molar-refractivity contribution in [1.29, 1.82) is 0 Å². The van der Waals surface area contributed by atoms with Gasteiger partial charge in [-0.3, -0.25) is 0 Å². The van der Waals surface area contributed by atoms with Crippen LogP contribution in [-0.2, 0) is 6.42 Å². The molecule has 0 heterocycles. The predicted molar refractivity (Wildman–Crippen MR) is 70.0 cm³/mol. The van der Waals surface area contributed by atoms with Gasteiger partial charge in [0.15, 0.2) is 0 Å². The first kappa shape index (κ1) is 10.2. The van der Waals surface area contributed by atoms with E-state index in [2.05, 4.69) is 42.5 Å². The lowest BCUT2D eigenvalue weighted by atomic mass is 10.0. The number of rotatable bonds is 3. The summed E-state index contributed by atoms with van der Waals surface area (Å²) in [6.07, 6.45) is 3.65. The summed E-state index contributed by atoms with van der Waals surface area (Å²) in [5, 5.41) is 2.96. The third-order valence-corrected chi connectivity index (χ3v) is 3.89. The van der Waals surface area contributed by atoms with Crippen molar-refractivity contribution < 1.29 is 0 Å². The summed E-state index contributed by atoms with van der Waals surface area (Å²) in [6.45, 7) is 0. The van der Waals surface area contributed by atoms with E-state index in [1.807, 2.05) is 0 Å². The molecule has 0 saturated heterocycles. The Balaban J connectivity index is 1.86. The number of hydrogen-bond acceptors (Lipinski definition) is 0. The lowest BCUT2D eigenvalue weighted by molar-refractivity contribution is 0.738. The molecule has 1 aliphatic rings. The van der Waals surface area contributed by atoms with Crippen LogP contribution in [0.2, 0.25) is 0 Å². The maximum atomic E-state index is 6.36. The van der Waals surface area contributed by atoms with Gasteiger partial charge < -0.3 is 0 Å². The fourth-order valence-electron chi connectivity index (χ4n) is 2.22. The van der Waals surface area contributed by atoms with Gasteiger partial charge >= 0.3 is 0 Å². The smallest absolute Gasteiger partial charge is 0.0404 e. The molecule has 2 aromatic rings. The van der Waals surface area contributed by atoms with E-state index in [0.717, 1.165) is 12.3 Å². The predicted octanol–water partition coefficient (Wildman–Crippen LogP) is 4.40. The largest absolute Gasteiger partial charge is 0.122 e. The van der Waals surface area contributed by atoms with Crippen LogP contribution in [-0.4, -0.2) is 5.38 Å². The topological polar surface area (TPSA) is 0 Å². The molecule has 2 aromatic carbocycles. The number of fused-ring (bicyclic) bond motifs is 1. The van der Waals surface area contributed by atoms with Crippen LogP contribution in [0.1, 0.15) is 18.4 Å². The zero-order valence-corrected chi connectivity index (χ0v) is 9.95. The van der Waals surface area contributed by atoms with Crippen molar-refractivity contribution in [2.24, 2.45) is 5.92 Å². The summed E-state index contributed by atoms with van der Waals surface area (Å²) in [5.41, 5.74) is 1.37. The Hall–Kier alpha value is -1.01. The van der Waals surface area contributed by atoms with Gasteiger partial charge in [0.25, 0.3) is 0 Å². The van der Waals surface area contributed by atoms with Crippen LogP contribution >= 0.6 is 11.6 Å². The number of alkyl halides is 1. The second-order valence-electron chi connectivity index (χ2n) is 4.74. The van der Waals surface area contributed by atoms with Crippen molar-refractivity contribution in [2.45, 2.75) is 24.6 Å². The van der Waals surface area contributed by atoms with E-state index in [1.54, 1.807) is 0 Å². The average molecular weight is 231 g/mol. The minimum absolute atomic E-state index is 0.334. The molecule has 3 rings (SSSR count). The van der Waals surface area contributed by atoms with E-state index in [1.165, 1.54) is 29.2 Å². The highest BCUT2D eigenvalue weighted by Gasteiger charge is 2.29. The SMILES string of the molecule is ClC(Cc1ccc2ccccc2c1)C1CC1. The van der Waals surface area contributed by atoms with Gasteiger partial charge in [-0.05, 0) is 41.5 Å². The lowest BCUT2D eigenvalue weighted by Crippen LogP contribution is -2.05. The van der Waals surface area contributed by atoms with Crippen LogP contribution in [0.25, 0.3) is 10.8 Å². The van der Waals surface area contributed by atoms with Crippen LogP contribution in [0.5, 0.6) is 0 Å². The minimum atomic E-state index is 0.334. The van der Waals surface area contributed by atoms with E-state index in [4.69, 9.17) is 11.6 Å². The first-order valence-corrected chi connectivity index (χ1v) is 6.38. The van der Waals surface area contributed by atoms with Crippen molar-refractivity contribution in [3.8, 4) is 0 Å². The fraction of sp³-hybridized carbons (Fsp3) is 0.333. The fourth-order valence-corrected chi connectivity index (χ4v) is 2.65. The normalized spacial score (nSPS) is 17.6. The van der Waals surface area contributed by atoms with Crippen molar-refractivity contribution in [2.75, 3.05) is 0 Å². The molecule has 0 radical (unpaired) electrons. The highest BCUT2D eigenvalue weighted by atomic mass is 35.5. The Morgan fingerprint density at radius 1 is 1.06 bits per heavy atom. The van der Waals surface area contributed by atoms with Gasteiger partial charge in [-0.15, -0.1) is 11.6 Å². The Morgan fingerprint density at radius 3 is 2.56 bits per heavy atom. The van der Waals surface area contributed by atoms with Crippen molar-refractivity contribution in [1.82, 2.24) is 0 Å². The summed E-state index contributed by atoms with van der Waals surface area (Å²) in [4.78, 5) is 0. The Morgan fingerprint density at radius 2 is 1.81 bits per heavy atom.